The number of phosphoric acid groups is 1. The first-order valence-corrected chi connectivity index (χ1v) is 13.2. The van der Waals surface area contributed by atoms with Gasteiger partial charge in [-0.05, 0) is 12.8 Å². The minimum atomic E-state index is -4.47. The second-order valence-electron chi connectivity index (χ2n) is 9.00. The van der Waals surface area contributed by atoms with Crippen LogP contribution in [-0.4, -0.2) is 70.7 Å². The molecule has 0 aliphatic heterocycles. The molecule has 0 aliphatic rings. The lowest BCUT2D eigenvalue weighted by Crippen LogP contribution is -2.37. The molecule has 31 heavy (non-hydrogen) atoms. The van der Waals surface area contributed by atoms with Crippen LogP contribution in [-0.2, 0) is 27.9 Å². The minimum absolute atomic E-state index is 0.0281. The van der Waals surface area contributed by atoms with Crippen molar-refractivity contribution in [2.75, 3.05) is 54.1 Å². The summed E-state index contributed by atoms with van der Waals surface area (Å²) in [5.74, 6) is -0.364. The molecule has 0 bridgehead atoms. The Morgan fingerprint density at radius 1 is 0.871 bits per heavy atom. The maximum Gasteiger partial charge on any atom is 0.306 e. The van der Waals surface area contributed by atoms with Crippen molar-refractivity contribution in [2.24, 2.45) is 0 Å². The molecule has 2 unspecified atom stereocenters. The van der Waals surface area contributed by atoms with Crippen LogP contribution in [0, 0.1) is 0 Å². The maximum absolute atomic E-state index is 12.1. The summed E-state index contributed by atoms with van der Waals surface area (Å²) in [5.41, 5.74) is 0. The quantitative estimate of drug-likeness (QED) is 0.109. The van der Waals surface area contributed by atoms with Crippen molar-refractivity contribution >= 4 is 13.8 Å². The zero-order chi connectivity index (χ0) is 23.6. The number of phosphoric ester groups is 1. The fourth-order valence-electron chi connectivity index (χ4n) is 2.72. The van der Waals surface area contributed by atoms with E-state index in [1.807, 2.05) is 21.1 Å². The zero-order valence-electron chi connectivity index (χ0n) is 20.4. The van der Waals surface area contributed by atoms with Crippen molar-refractivity contribution in [3.05, 3.63) is 0 Å². The molecule has 0 spiro atoms. The minimum Gasteiger partial charge on any atom is -0.756 e. The van der Waals surface area contributed by atoms with E-state index >= 15 is 0 Å². The molecule has 8 nitrogen and oxygen atoms in total. The summed E-state index contributed by atoms with van der Waals surface area (Å²) >= 11 is 0. The first kappa shape index (κ1) is 30.5. The van der Waals surface area contributed by atoms with Gasteiger partial charge in [0.05, 0.1) is 34.4 Å². The lowest BCUT2D eigenvalue weighted by Gasteiger charge is -2.28. The van der Waals surface area contributed by atoms with Gasteiger partial charge in [0.15, 0.2) is 0 Å². The van der Waals surface area contributed by atoms with Crippen molar-refractivity contribution < 1.29 is 37.3 Å². The number of esters is 1. The Hall–Kier alpha value is -0.500. The second kappa shape index (κ2) is 18.0. The van der Waals surface area contributed by atoms with E-state index in [1.165, 1.54) is 25.7 Å². The van der Waals surface area contributed by atoms with Crippen LogP contribution in [0.4, 0.5) is 0 Å². The van der Waals surface area contributed by atoms with E-state index < -0.39 is 13.9 Å². The van der Waals surface area contributed by atoms with Crippen LogP contribution in [0.15, 0.2) is 0 Å². The summed E-state index contributed by atoms with van der Waals surface area (Å²) in [7, 11) is 1.35. The molecule has 0 fully saturated rings. The van der Waals surface area contributed by atoms with E-state index in [4.69, 9.17) is 18.5 Å². The third kappa shape index (κ3) is 21.1. The van der Waals surface area contributed by atoms with Crippen LogP contribution >= 0.6 is 7.82 Å². The van der Waals surface area contributed by atoms with E-state index in [0.717, 1.165) is 32.1 Å². The van der Waals surface area contributed by atoms with Crippen molar-refractivity contribution in [3.8, 4) is 0 Å². The van der Waals surface area contributed by atoms with Gasteiger partial charge in [-0.3, -0.25) is 9.36 Å². The molecule has 0 aromatic carbocycles. The van der Waals surface area contributed by atoms with Gasteiger partial charge in [-0.25, -0.2) is 0 Å². The van der Waals surface area contributed by atoms with Crippen LogP contribution in [0.2, 0.25) is 0 Å². The number of quaternary nitrogens is 1. The van der Waals surface area contributed by atoms with Crippen LogP contribution in [0.1, 0.15) is 78.1 Å². The Bertz CT molecular complexity index is 497. The molecule has 0 heterocycles. The molecule has 9 heteroatoms. The van der Waals surface area contributed by atoms with E-state index in [-0.39, 0.29) is 25.8 Å². The Morgan fingerprint density at radius 2 is 1.48 bits per heavy atom. The van der Waals surface area contributed by atoms with E-state index in [1.54, 1.807) is 0 Å². The highest BCUT2D eigenvalue weighted by Gasteiger charge is 2.20. The van der Waals surface area contributed by atoms with Crippen LogP contribution in [0.25, 0.3) is 0 Å². The Balaban J connectivity index is 4.41. The third-order valence-electron chi connectivity index (χ3n) is 4.66. The van der Waals surface area contributed by atoms with E-state index in [0.29, 0.717) is 24.1 Å². The molecule has 0 aromatic rings. The molecule has 0 saturated heterocycles. The van der Waals surface area contributed by atoms with E-state index in [9.17, 15) is 14.3 Å². The predicted molar refractivity (Wildman–Crippen MR) is 121 cm³/mol. The van der Waals surface area contributed by atoms with Crippen molar-refractivity contribution in [3.63, 3.8) is 0 Å². The Kier molecular flexibility index (Phi) is 17.7. The summed E-state index contributed by atoms with van der Waals surface area (Å²) in [6.07, 6.45) is 9.11. The first-order valence-electron chi connectivity index (χ1n) is 11.8. The lowest BCUT2D eigenvalue weighted by molar-refractivity contribution is -0.870. The molecule has 0 radical (unpaired) electrons. The number of nitrogens with zero attached hydrogens (tertiary/aromatic N) is 1. The van der Waals surface area contributed by atoms with Gasteiger partial charge in [0.25, 0.3) is 7.82 Å². The van der Waals surface area contributed by atoms with Gasteiger partial charge in [-0.2, -0.15) is 0 Å². The number of hydrogen-bond donors (Lipinski definition) is 0. The van der Waals surface area contributed by atoms with Crippen LogP contribution in [0.3, 0.4) is 0 Å². The average Bonchev–Trinajstić information content (AvgIpc) is 2.67. The molecule has 0 N–H and O–H groups in total. The molecular weight excluding hydrogens is 421 g/mol. The lowest BCUT2D eigenvalue weighted by atomic mass is 10.1. The normalized spacial score (nSPS) is 14.9. The number of carbonyl (C=O) groups is 1. The molecule has 0 rings (SSSR count). The molecule has 0 aromatic heterocycles. The number of ether oxygens (including phenoxy) is 2. The molecule has 186 valence electrons. The molecule has 2 atom stereocenters. The molecule has 0 aliphatic carbocycles. The SMILES string of the molecule is CCCCCCCCOCC(COP(=O)([O-])OCC[N+](C)(C)C)OC(=O)CCCCC. The van der Waals surface area contributed by atoms with Gasteiger partial charge in [-0.1, -0.05) is 58.8 Å². The highest BCUT2D eigenvalue weighted by Crippen LogP contribution is 2.38. The van der Waals surface area contributed by atoms with Crippen molar-refractivity contribution in [1.82, 2.24) is 0 Å². The largest absolute Gasteiger partial charge is 0.756 e. The number of rotatable bonds is 21. The molecular formula is C22H46NO7P. The standard InChI is InChI=1S/C22H46NO7P/c1-6-8-10-11-12-14-17-27-19-21(30-22(24)15-13-9-7-2)20-29-31(25,26)28-18-16-23(3,4)5/h21H,6-20H2,1-5H3. The monoisotopic (exact) mass is 467 g/mol. The van der Waals surface area contributed by atoms with Gasteiger partial charge in [0.2, 0.25) is 0 Å². The third-order valence-corrected chi connectivity index (χ3v) is 5.62. The number of carbonyl (C=O) groups excluding carboxylic acids is 1. The number of unbranched alkanes of at least 4 members (excludes halogenated alkanes) is 7. The Morgan fingerprint density at radius 3 is 2.13 bits per heavy atom. The summed E-state index contributed by atoms with van der Waals surface area (Å²) in [4.78, 5) is 24.1. The van der Waals surface area contributed by atoms with Gasteiger partial charge >= 0.3 is 5.97 Å². The zero-order valence-corrected chi connectivity index (χ0v) is 21.3. The number of hydrogen-bond acceptors (Lipinski definition) is 7. The summed E-state index contributed by atoms with van der Waals surface area (Å²) < 4.78 is 33.5. The fraction of sp³-hybridized carbons (Fsp3) is 0.955. The summed E-state index contributed by atoms with van der Waals surface area (Å²) in [6, 6.07) is 0. The van der Waals surface area contributed by atoms with Crippen LogP contribution < -0.4 is 4.89 Å². The average molecular weight is 468 g/mol. The molecule has 0 amide bonds. The van der Waals surface area contributed by atoms with Gasteiger partial charge in [-0.15, -0.1) is 0 Å². The Labute approximate surface area is 189 Å². The van der Waals surface area contributed by atoms with Gasteiger partial charge in [0, 0.05) is 13.0 Å². The number of likely N-dealkylation sites (N-methyl/N-ethyl adjacent to an activating group) is 1. The van der Waals surface area contributed by atoms with Gasteiger partial charge in [0.1, 0.15) is 19.3 Å². The van der Waals surface area contributed by atoms with Crippen LogP contribution in [0.5, 0.6) is 0 Å². The first-order chi connectivity index (χ1) is 14.6. The topological polar surface area (TPSA) is 94.1 Å². The van der Waals surface area contributed by atoms with Crippen molar-refractivity contribution in [1.29, 1.82) is 0 Å². The highest BCUT2D eigenvalue weighted by atomic mass is 31.2. The van der Waals surface area contributed by atoms with E-state index in [2.05, 4.69) is 13.8 Å². The van der Waals surface area contributed by atoms with Crippen molar-refractivity contribution in [2.45, 2.75) is 84.2 Å². The predicted octanol–water partition coefficient (Wildman–Crippen LogP) is 4.06. The smallest absolute Gasteiger partial charge is 0.306 e. The van der Waals surface area contributed by atoms with Gasteiger partial charge < -0.3 is 27.9 Å². The summed E-state index contributed by atoms with van der Waals surface area (Å²) in [6.45, 7) is 5.14. The molecule has 0 saturated carbocycles. The summed E-state index contributed by atoms with van der Waals surface area (Å²) in [5, 5.41) is 0. The second-order valence-corrected chi connectivity index (χ2v) is 10.4. The highest BCUT2D eigenvalue weighted by molar-refractivity contribution is 7.45. The maximum atomic E-state index is 12.1. The fourth-order valence-corrected chi connectivity index (χ4v) is 3.45.